The fourth-order valence-electron chi connectivity index (χ4n) is 4.09. The summed E-state index contributed by atoms with van der Waals surface area (Å²) in [6.07, 6.45) is 12.3. The summed E-state index contributed by atoms with van der Waals surface area (Å²) in [6, 6.07) is 4.74. The number of aryl methyl sites for hydroxylation is 1. The standard InChI is InChI=1S/C18H30N2O/c1-16(8-9-17-7-5-14-21-17)20-13-6-12-19-18(15-20)10-3-2-4-11-18/h5,7,14,16,19H,2-4,6,8-13,15H2,1H3. The average molecular weight is 290 g/mol. The molecule has 1 saturated heterocycles. The molecule has 0 bridgehead atoms. The number of furan rings is 1. The van der Waals surface area contributed by atoms with Crippen molar-refractivity contribution < 1.29 is 4.42 Å². The molecule has 2 aliphatic rings. The Hall–Kier alpha value is -0.800. The van der Waals surface area contributed by atoms with Crippen molar-refractivity contribution in [1.29, 1.82) is 0 Å². The first-order valence-electron chi connectivity index (χ1n) is 8.79. The van der Waals surface area contributed by atoms with Crippen molar-refractivity contribution in [2.24, 2.45) is 0 Å². The topological polar surface area (TPSA) is 28.4 Å². The van der Waals surface area contributed by atoms with Gasteiger partial charge in [0, 0.05) is 24.5 Å². The van der Waals surface area contributed by atoms with Crippen LogP contribution < -0.4 is 5.32 Å². The molecule has 0 radical (unpaired) electrons. The van der Waals surface area contributed by atoms with E-state index < -0.39 is 0 Å². The van der Waals surface area contributed by atoms with E-state index in [0.717, 1.165) is 12.2 Å². The minimum Gasteiger partial charge on any atom is -0.469 e. The summed E-state index contributed by atoms with van der Waals surface area (Å²) in [5, 5.41) is 3.89. The highest BCUT2D eigenvalue weighted by Crippen LogP contribution is 2.31. The van der Waals surface area contributed by atoms with Crippen LogP contribution in [-0.2, 0) is 6.42 Å². The summed E-state index contributed by atoms with van der Waals surface area (Å²) in [5.74, 6) is 1.13. The molecule has 1 aliphatic carbocycles. The molecule has 1 spiro atoms. The van der Waals surface area contributed by atoms with E-state index in [2.05, 4.69) is 23.2 Å². The highest BCUT2D eigenvalue weighted by Gasteiger charge is 2.35. The van der Waals surface area contributed by atoms with Crippen molar-refractivity contribution in [2.45, 2.75) is 69.9 Å². The van der Waals surface area contributed by atoms with E-state index in [9.17, 15) is 0 Å². The summed E-state index contributed by atoms with van der Waals surface area (Å²) in [5.41, 5.74) is 0.410. The Morgan fingerprint density at radius 1 is 1.29 bits per heavy atom. The number of hydrogen-bond acceptors (Lipinski definition) is 3. The van der Waals surface area contributed by atoms with Crippen LogP contribution in [0, 0.1) is 0 Å². The zero-order chi connectivity index (χ0) is 14.5. The third kappa shape index (κ3) is 3.89. The van der Waals surface area contributed by atoms with Gasteiger partial charge in [0.25, 0.3) is 0 Å². The number of nitrogens with one attached hydrogen (secondary N) is 1. The van der Waals surface area contributed by atoms with Crippen molar-refractivity contribution in [3.8, 4) is 0 Å². The second-order valence-corrected chi connectivity index (χ2v) is 7.06. The summed E-state index contributed by atoms with van der Waals surface area (Å²) < 4.78 is 5.47. The Labute approximate surface area is 129 Å². The van der Waals surface area contributed by atoms with Gasteiger partial charge < -0.3 is 9.73 Å². The van der Waals surface area contributed by atoms with Gasteiger partial charge in [-0.25, -0.2) is 0 Å². The Bertz CT molecular complexity index is 409. The lowest BCUT2D eigenvalue weighted by Gasteiger charge is -2.41. The molecule has 1 aromatic heterocycles. The molecular weight excluding hydrogens is 260 g/mol. The second-order valence-electron chi connectivity index (χ2n) is 7.06. The van der Waals surface area contributed by atoms with E-state index in [1.807, 2.05) is 6.07 Å². The Morgan fingerprint density at radius 3 is 2.90 bits per heavy atom. The fourth-order valence-corrected chi connectivity index (χ4v) is 4.09. The van der Waals surface area contributed by atoms with Gasteiger partial charge in [0.05, 0.1) is 6.26 Å². The minimum absolute atomic E-state index is 0.410. The van der Waals surface area contributed by atoms with Gasteiger partial charge in [-0.1, -0.05) is 19.3 Å². The quantitative estimate of drug-likeness (QED) is 0.918. The zero-order valence-electron chi connectivity index (χ0n) is 13.4. The van der Waals surface area contributed by atoms with Crippen LogP contribution in [-0.4, -0.2) is 36.1 Å². The van der Waals surface area contributed by atoms with Crippen LogP contribution in [0.2, 0.25) is 0 Å². The van der Waals surface area contributed by atoms with Crippen LogP contribution in [0.1, 0.15) is 57.6 Å². The van der Waals surface area contributed by atoms with Crippen LogP contribution in [0.4, 0.5) is 0 Å². The lowest BCUT2D eigenvalue weighted by molar-refractivity contribution is 0.129. The molecule has 1 N–H and O–H groups in total. The monoisotopic (exact) mass is 290 g/mol. The normalized spacial score (nSPS) is 24.8. The van der Waals surface area contributed by atoms with Gasteiger partial charge in [-0.15, -0.1) is 0 Å². The van der Waals surface area contributed by atoms with Crippen molar-refractivity contribution in [3.63, 3.8) is 0 Å². The molecule has 1 atom stereocenters. The third-order valence-corrected chi connectivity index (χ3v) is 5.45. The molecule has 0 amide bonds. The molecular formula is C18H30N2O. The number of rotatable bonds is 4. The van der Waals surface area contributed by atoms with E-state index in [1.54, 1.807) is 6.26 Å². The van der Waals surface area contributed by atoms with Gasteiger partial charge in [0.15, 0.2) is 0 Å². The van der Waals surface area contributed by atoms with E-state index >= 15 is 0 Å². The molecule has 118 valence electrons. The number of nitrogens with zero attached hydrogens (tertiary/aromatic N) is 1. The molecule has 1 unspecified atom stereocenters. The highest BCUT2D eigenvalue weighted by molar-refractivity contribution is 5.00. The molecule has 2 heterocycles. The lowest BCUT2D eigenvalue weighted by Crippen LogP contribution is -2.54. The van der Waals surface area contributed by atoms with E-state index in [4.69, 9.17) is 4.42 Å². The molecule has 3 heteroatoms. The van der Waals surface area contributed by atoms with Crippen LogP contribution in [0.15, 0.2) is 22.8 Å². The lowest BCUT2D eigenvalue weighted by atomic mass is 9.81. The average Bonchev–Trinajstić information content (AvgIpc) is 2.94. The van der Waals surface area contributed by atoms with Crippen LogP contribution >= 0.6 is 0 Å². The van der Waals surface area contributed by atoms with Crippen LogP contribution in [0.5, 0.6) is 0 Å². The van der Waals surface area contributed by atoms with Gasteiger partial charge >= 0.3 is 0 Å². The predicted molar refractivity (Wildman–Crippen MR) is 86.5 cm³/mol. The smallest absolute Gasteiger partial charge is 0.103 e. The van der Waals surface area contributed by atoms with Crippen molar-refractivity contribution >= 4 is 0 Å². The molecule has 3 rings (SSSR count). The van der Waals surface area contributed by atoms with Gasteiger partial charge in [0.1, 0.15) is 5.76 Å². The first-order valence-corrected chi connectivity index (χ1v) is 8.79. The summed E-state index contributed by atoms with van der Waals surface area (Å²) in [6.45, 7) is 6.08. The van der Waals surface area contributed by atoms with E-state index in [1.165, 1.54) is 64.6 Å². The summed E-state index contributed by atoms with van der Waals surface area (Å²) in [4.78, 5) is 2.73. The molecule has 1 aliphatic heterocycles. The van der Waals surface area contributed by atoms with Gasteiger partial charge in [-0.05, 0) is 57.8 Å². The maximum atomic E-state index is 5.47. The van der Waals surface area contributed by atoms with Gasteiger partial charge in [-0.2, -0.15) is 0 Å². The van der Waals surface area contributed by atoms with Gasteiger partial charge in [-0.3, -0.25) is 4.90 Å². The number of hydrogen-bond donors (Lipinski definition) is 1. The van der Waals surface area contributed by atoms with Crippen molar-refractivity contribution in [3.05, 3.63) is 24.2 Å². The first-order chi connectivity index (χ1) is 10.3. The zero-order valence-corrected chi connectivity index (χ0v) is 13.4. The predicted octanol–water partition coefficient (Wildman–Crippen LogP) is 3.60. The highest BCUT2D eigenvalue weighted by atomic mass is 16.3. The second kappa shape index (κ2) is 6.97. The van der Waals surface area contributed by atoms with E-state index in [-0.39, 0.29) is 0 Å². The SMILES string of the molecule is CC(CCc1ccco1)N1CCCNC2(CCCCC2)C1. The third-order valence-electron chi connectivity index (χ3n) is 5.45. The maximum absolute atomic E-state index is 5.47. The fraction of sp³-hybridized carbons (Fsp3) is 0.778. The molecule has 3 nitrogen and oxygen atoms in total. The summed E-state index contributed by atoms with van der Waals surface area (Å²) >= 11 is 0. The molecule has 1 aromatic rings. The first kappa shape index (κ1) is 15.1. The van der Waals surface area contributed by atoms with Gasteiger partial charge in [0.2, 0.25) is 0 Å². The largest absolute Gasteiger partial charge is 0.469 e. The molecule has 2 fully saturated rings. The van der Waals surface area contributed by atoms with Crippen molar-refractivity contribution in [1.82, 2.24) is 10.2 Å². The van der Waals surface area contributed by atoms with Crippen molar-refractivity contribution in [2.75, 3.05) is 19.6 Å². The molecule has 0 aromatic carbocycles. The maximum Gasteiger partial charge on any atom is 0.103 e. The minimum atomic E-state index is 0.410. The van der Waals surface area contributed by atoms with Crippen LogP contribution in [0.25, 0.3) is 0 Å². The Morgan fingerprint density at radius 2 is 2.14 bits per heavy atom. The Kier molecular flexibility index (Phi) is 5.02. The van der Waals surface area contributed by atoms with E-state index in [0.29, 0.717) is 11.6 Å². The molecule has 1 saturated carbocycles. The molecule has 21 heavy (non-hydrogen) atoms. The summed E-state index contributed by atoms with van der Waals surface area (Å²) in [7, 11) is 0. The van der Waals surface area contributed by atoms with Crippen LogP contribution in [0.3, 0.4) is 0 Å². The Balaban J connectivity index is 1.57.